The number of ether oxygens (including phenoxy) is 2. The van der Waals surface area contributed by atoms with E-state index >= 15 is 0 Å². The number of benzene rings is 2. The number of hydrogen-bond acceptors (Lipinski definition) is 3. The van der Waals surface area contributed by atoms with Gasteiger partial charge in [-0.3, -0.25) is 4.79 Å². The number of hydrogen-bond donors (Lipinski definition) is 1. The number of nitrogens with one attached hydrogen (secondary N) is 1. The molecule has 154 valence electrons. The SMILES string of the molecule is CCn1cc([C@H](CC(=O)NC(C)C)c2cc(OC)cc(OC)c2)c2ccccc21. The van der Waals surface area contributed by atoms with Crippen molar-refractivity contribution >= 4 is 16.8 Å². The van der Waals surface area contributed by atoms with Gasteiger partial charge in [0.15, 0.2) is 0 Å². The number of nitrogens with zero attached hydrogens (tertiary/aromatic N) is 1. The van der Waals surface area contributed by atoms with Crippen molar-refractivity contribution in [3.63, 3.8) is 0 Å². The van der Waals surface area contributed by atoms with Crippen molar-refractivity contribution in [2.45, 2.75) is 45.7 Å². The fourth-order valence-electron chi connectivity index (χ4n) is 3.82. The summed E-state index contributed by atoms with van der Waals surface area (Å²) in [5.41, 5.74) is 3.31. The third-order valence-corrected chi connectivity index (χ3v) is 5.15. The molecule has 0 saturated heterocycles. The summed E-state index contributed by atoms with van der Waals surface area (Å²) in [7, 11) is 3.28. The van der Waals surface area contributed by atoms with Crippen molar-refractivity contribution in [3.05, 3.63) is 59.8 Å². The summed E-state index contributed by atoms with van der Waals surface area (Å²) in [5, 5.41) is 4.20. The van der Waals surface area contributed by atoms with Crippen molar-refractivity contribution in [1.82, 2.24) is 9.88 Å². The molecule has 1 amide bonds. The van der Waals surface area contributed by atoms with Crippen LogP contribution in [0.1, 0.15) is 44.2 Å². The number of rotatable bonds is 8. The smallest absolute Gasteiger partial charge is 0.221 e. The van der Waals surface area contributed by atoms with Gasteiger partial charge >= 0.3 is 0 Å². The van der Waals surface area contributed by atoms with Gasteiger partial charge in [0.1, 0.15) is 11.5 Å². The molecule has 0 bridgehead atoms. The lowest BCUT2D eigenvalue weighted by atomic mass is 9.87. The topological polar surface area (TPSA) is 52.5 Å². The van der Waals surface area contributed by atoms with Gasteiger partial charge in [0.2, 0.25) is 5.91 Å². The highest BCUT2D eigenvalue weighted by Crippen LogP contribution is 2.37. The molecule has 3 aromatic rings. The number of fused-ring (bicyclic) bond motifs is 1. The number of para-hydroxylation sites is 1. The highest BCUT2D eigenvalue weighted by Gasteiger charge is 2.24. The minimum Gasteiger partial charge on any atom is -0.497 e. The first kappa shape index (κ1) is 20.8. The molecule has 3 rings (SSSR count). The molecule has 2 aromatic carbocycles. The molecule has 1 atom stereocenters. The molecule has 0 aliphatic carbocycles. The van der Waals surface area contributed by atoms with Crippen LogP contribution in [0.2, 0.25) is 0 Å². The van der Waals surface area contributed by atoms with Gasteiger partial charge in [0, 0.05) is 48.1 Å². The lowest BCUT2D eigenvalue weighted by molar-refractivity contribution is -0.121. The van der Waals surface area contributed by atoms with E-state index in [4.69, 9.17) is 9.47 Å². The van der Waals surface area contributed by atoms with Gasteiger partial charge in [-0.15, -0.1) is 0 Å². The normalized spacial score (nSPS) is 12.2. The molecular formula is C24H30N2O3. The lowest BCUT2D eigenvalue weighted by Crippen LogP contribution is -2.31. The second kappa shape index (κ2) is 9.03. The van der Waals surface area contributed by atoms with E-state index in [1.165, 1.54) is 10.9 Å². The Morgan fingerprint density at radius 3 is 2.31 bits per heavy atom. The van der Waals surface area contributed by atoms with Crippen LogP contribution in [0.15, 0.2) is 48.7 Å². The number of aryl methyl sites for hydroxylation is 1. The zero-order valence-electron chi connectivity index (χ0n) is 17.9. The van der Waals surface area contributed by atoms with Gasteiger partial charge in [-0.05, 0) is 50.1 Å². The Morgan fingerprint density at radius 1 is 1.07 bits per heavy atom. The fourth-order valence-corrected chi connectivity index (χ4v) is 3.82. The predicted molar refractivity (Wildman–Crippen MR) is 117 cm³/mol. The molecule has 5 nitrogen and oxygen atoms in total. The maximum Gasteiger partial charge on any atom is 0.221 e. The summed E-state index contributed by atoms with van der Waals surface area (Å²) in [5.74, 6) is 1.34. The average Bonchev–Trinajstić information content (AvgIpc) is 3.09. The maximum absolute atomic E-state index is 12.8. The Kier molecular flexibility index (Phi) is 6.47. The molecule has 1 heterocycles. The van der Waals surface area contributed by atoms with Gasteiger partial charge in [0.05, 0.1) is 14.2 Å². The lowest BCUT2D eigenvalue weighted by Gasteiger charge is -2.20. The van der Waals surface area contributed by atoms with Crippen molar-refractivity contribution < 1.29 is 14.3 Å². The monoisotopic (exact) mass is 394 g/mol. The molecule has 29 heavy (non-hydrogen) atoms. The molecule has 5 heteroatoms. The number of aromatic nitrogens is 1. The largest absolute Gasteiger partial charge is 0.497 e. The van der Waals surface area contributed by atoms with Gasteiger partial charge in [-0.25, -0.2) is 0 Å². The number of methoxy groups -OCH3 is 2. The van der Waals surface area contributed by atoms with Gasteiger partial charge in [-0.1, -0.05) is 18.2 Å². The van der Waals surface area contributed by atoms with Crippen LogP contribution >= 0.6 is 0 Å². The van der Waals surface area contributed by atoms with Crippen LogP contribution in [-0.4, -0.2) is 30.7 Å². The number of amides is 1. The van der Waals surface area contributed by atoms with E-state index in [0.717, 1.165) is 17.7 Å². The molecule has 1 aromatic heterocycles. The zero-order valence-corrected chi connectivity index (χ0v) is 17.9. The fraction of sp³-hybridized carbons (Fsp3) is 0.375. The Hall–Kier alpha value is -2.95. The summed E-state index contributed by atoms with van der Waals surface area (Å²) in [4.78, 5) is 12.8. The Labute approximate surface area is 172 Å². The van der Waals surface area contributed by atoms with E-state index in [1.54, 1.807) is 14.2 Å². The van der Waals surface area contributed by atoms with Crippen molar-refractivity contribution in [2.24, 2.45) is 0 Å². The first-order valence-electron chi connectivity index (χ1n) is 10.1. The zero-order chi connectivity index (χ0) is 21.0. The predicted octanol–water partition coefficient (Wildman–Crippen LogP) is 4.73. The highest BCUT2D eigenvalue weighted by molar-refractivity contribution is 5.86. The molecule has 1 N–H and O–H groups in total. The van der Waals surface area contributed by atoms with E-state index in [2.05, 4.69) is 35.1 Å². The molecule has 0 fully saturated rings. The van der Waals surface area contributed by atoms with Gasteiger partial charge in [0.25, 0.3) is 0 Å². The van der Waals surface area contributed by atoms with Gasteiger partial charge < -0.3 is 19.4 Å². The van der Waals surface area contributed by atoms with Crippen LogP contribution in [-0.2, 0) is 11.3 Å². The quantitative estimate of drug-likeness (QED) is 0.601. The number of carbonyl (C=O) groups excluding carboxylic acids is 1. The molecule has 0 aliphatic heterocycles. The molecule has 0 spiro atoms. The average molecular weight is 395 g/mol. The summed E-state index contributed by atoms with van der Waals surface area (Å²) in [6.45, 7) is 6.95. The van der Waals surface area contributed by atoms with Gasteiger partial charge in [-0.2, -0.15) is 0 Å². The maximum atomic E-state index is 12.8. The highest BCUT2D eigenvalue weighted by atomic mass is 16.5. The van der Waals surface area contributed by atoms with Crippen LogP contribution < -0.4 is 14.8 Å². The first-order valence-corrected chi connectivity index (χ1v) is 10.1. The molecular weight excluding hydrogens is 364 g/mol. The third kappa shape index (κ3) is 4.56. The molecule has 0 unspecified atom stereocenters. The van der Waals surface area contributed by atoms with Crippen LogP contribution in [0.25, 0.3) is 10.9 Å². The first-order chi connectivity index (χ1) is 14.0. The van der Waals surface area contributed by atoms with E-state index < -0.39 is 0 Å². The van der Waals surface area contributed by atoms with Crippen LogP contribution in [0.4, 0.5) is 0 Å². The molecule has 0 aliphatic rings. The summed E-state index contributed by atoms with van der Waals surface area (Å²) in [6.07, 6.45) is 2.52. The summed E-state index contributed by atoms with van der Waals surface area (Å²) >= 11 is 0. The molecule has 0 saturated carbocycles. The van der Waals surface area contributed by atoms with E-state index in [0.29, 0.717) is 17.9 Å². The van der Waals surface area contributed by atoms with Crippen molar-refractivity contribution in [2.75, 3.05) is 14.2 Å². The van der Waals surface area contributed by atoms with Crippen molar-refractivity contribution in [3.8, 4) is 11.5 Å². The standard InChI is InChI=1S/C24H30N2O3/c1-6-26-15-22(20-9-7-8-10-23(20)26)21(14-24(27)25-16(2)3)17-11-18(28-4)13-19(12-17)29-5/h7-13,15-16,21H,6,14H2,1-5H3,(H,25,27)/t21-/m1/s1. The van der Waals surface area contributed by atoms with Crippen molar-refractivity contribution in [1.29, 1.82) is 0 Å². The number of carbonyl (C=O) groups is 1. The van der Waals surface area contributed by atoms with Crippen LogP contribution in [0, 0.1) is 0 Å². The van der Waals surface area contributed by atoms with Crippen LogP contribution in [0.3, 0.4) is 0 Å². The summed E-state index contributed by atoms with van der Waals surface area (Å²) < 4.78 is 13.2. The van der Waals surface area contributed by atoms with E-state index in [-0.39, 0.29) is 17.9 Å². The Balaban J connectivity index is 2.16. The minimum atomic E-state index is -0.115. The van der Waals surface area contributed by atoms with E-state index in [9.17, 15) is 4.79 Å². The Bertz CT molecular complexity index is 969. The third-order valence-electron chi connectivity index (χ3n) is 5.15. The van der Waals surface area contributed by atoms with Crippen LogP contribution in [0.5, 0.6) is 11.5 Å². The second-order valence-electron chi connectivity index (χ2n) is 7.51. The second-order valence-corrected chi connectivity index (χ2v) is 7.51. The minimum absolute atomic E-state index is 0.0279. The molecule has 0 radical (unpaired) electrons. The van der Waals surface area contributed by atoms with E-state index in [1.807, 2.05) is 44.2 Å². The Morgan fingerprint density at radius 2 is 1.72 bits per heavy atom. The summed E-state index contributed by atoms with van der Waals surface area (Å²) in [6, 6.07) is 14.3.